The van der Waals surface area contributed by atoms with Gasteiger partial charge in [0, 0.05) is 20.5 Å². The number of aryl methyl sites for hydroxylation is 6. The summed E-state index contributed by atoms with van der Waals surface area (Å²) in [5.41, 5.74) is 8.18. The molecule has 0 nitrogen and oxygen atoms in total. The molecular formula is C38H32P2. The fourth-order valence-corrected chi connectivity index (χ4v) is 9.39. The summed E-state index contributed by atoms with van der Waals surface area (Å²) in [7, 11) is 2.57. The molecule has 0 saturated heterocycles. The molecule has 0 N–H and O–H groups in total. The number of benzene rings is 5. The SMILES string of the molecule is Cc1cc(C)c(P=c2c3ccccc3c3cc4c(=Pc5c(C)cc(C)cc5C)c5ccccc5c4cc23)c(C)c1. The van der Waals surface area contributed by atoms with Crippen molar-refractivity contribution in [3.8, 4) is 0 Å². The van der Waals surface area contributed by atoms with Gasteiger partial charge in [-0.05, 0) is 119 Å². The van der Waals surface area contributed by atoms with Gasteiger partial charge < -0.3 is 0 Å². The minimum Gasteiger partial charge on any atom is -0.0616 e. The first-order chi connectivity index (χ1) is 19.3. The topological polar surface area (TPSA) is 0 Å². The molecule has 0 fully saturated rings. The van der Waals surface area contributed by atoms with E-state index in [0.717, 1.165) is 0 Å². The van der Waals surface area contributed by atoms with Gasteiger partial charge in [-0.1, -0.05) is 100 Å². The van der Waals surface area contributed by atoms with Crippen LogP contribution in [-0.2, 0) is 0 Å². The van der Waals surface area contributed by atoms with Crippen molar-refractivity contribution in [2.45, 2.75) is 41.5 Å². The van der Waals surface area contributed by atoms with Crippen molar-refractivity contribution < 1.29 is 0 Å². The first-order valence-electron chi connectivity index (χ1n) is 14.0. The quantitative estimate of drug-likeness (QED) is 0.188. The molecule has 0 spiro atoms. The van der Waals surface area contributed by atoms with Crippen LogP contribution in [0.4, 0.5) is 0 Å². The van der Waals surface area contributed by atoms with Gasteiger partial charge in [0.05, 0.1) is 0 Å². The summed E-state index contributed by atoms with van der Waals surface area (Å²) in [6.07, 6.45) is 0. The van der Waals surface area contributed by atoms with E-state index in [2.05, 4.69) is 126 Å². The second-order valence-electron chi connectivity index (χ2n) is 11.5. The van der Waals surface area contributed by atoms with Crippen molar-refractivity contribution in [3.63, 3.8) is 0 Å². The monoisotopic (exact) mass is 550 g/mol. The standard InChI is InChI=1S/C38H32P2/c1-21-15-23(3)35(24(4)16-21)39-37-29-13-9-7-11-27(29)31-20-34-32(19-33(31)37)28-12-8-10-14-30(28)38(34)40-36-25(5)17-22(2)18-26(36)6/h7-20H,1-6H3. The summed E-state index contributed by atoms with van der Waals surface area (Å²) < 4.78 is 0. The van der Waals surface area contributed by atoms with E-state index in [1.165, 1.54) is 113 Å². The van der Waals surface area contributed by atoms with E-state index in [1.807, 2.05) is 0 Å². The number of fused-ring (bicyclic) bond motifs is 6. The van der Waals surface area contributed by atoms with Crippen molar-refractivity contribution >= 4 is 70.1 Å². The van der Waals surface area contributed by atoms with Crippen LogP contribution in [0.3, 0.4) is 0 Å². The first kappa shape index (κ1) is 25.4. The third-order valence-corrected chi connectivity index (χ3v) is 11.6. The molecule has 0 saturated carbocycles. The molecule has 7 rings (SSSR count). The van der Waals surface area contributed by atoms with E-state index < -0.39 is 0 Å². The third-order valence-electron chi connectivity index (χ3n) is 8.33. The third kappa shape index (κ3) is 3.97. The van der Waals surface area contributed by atoms with Crippen LogP contribution in [0.2, 0.25) is 0 Å². The average Bonchev–Trinajstić information content (AvgIpc) is 3.39. The lowest BCUT2D eigenvalue weighted by Gasteiger charge is -2.06. The Balaban J connectivity index is 1.65. The van der Waals surface area contributed by atoms with E-state index in [4.69, 9.17) is 0 Å². The Labute approximate surface area is 239 Å². The zero-order chi connectivity index (χ0) is 27.7. The summed E-state index contributed by atoms with van der Waals surface area (Å²) >= 11 is 0. The van der Waals surface area contributed by atoms with Crippen LogP contribution in [-0.4, -0.2) is 0 Å². The first-order valence-corrected chi connectivity index (χ1v) is 15.8. The summed E-state index contributed by atoms with van der Waals surface area (Å²) in [5.74, 6) is 0. The molecule has 0 heterocycles. The summed E-state index contributed by atoms with van der Waals surface area (Å²) in [5, 5.41) is 13.8. The molecule has 0 aromatic heterocycles. The average molecular weight is 551 g/mol. The molecular weight excluding hydrogens is 518 g/mol. The Morgan fingerprint density at radius 1 is 0.350 bits per heavy atom. The lowest BCUT2D eigenvalue weighted by Crippen LogP contribution is -2.03. The van der Waals surface area contributed by atoms with Gasteiger partial charge in [0.1, 0.15) is 0 Å². The maximum absolute atomic E-state index is 2.50. The van der Waals surface area contributed by atoms with Crippen LogP contribution in [0.25, 0.3) is 43.1 Å². The zero-order valence-corrected chi connectivity index (χ0v) is 25.8. The lowest BCUT2D eigenvalue weighted by molar-refractivity contribution is 1.36. The minimum absolute atomic E-state index is 1.29. The van der Waals surface area contributed by atoms with Crippen LogP contribution in [0.15, 0.2) is 84.9 Å². The molecule has 0 aliphatic rings. The van der Waals surface area contributed by atoms with Gasteiger partial charge in [0.15, 0.2) is 0 Å². The Morgan fingerprint density at radius 3 is 1.02 bits per heavy atom. The highest BCUT2D eigenvalue weighted by Gasteiger charge is 2.15. The molecule has 0 aliphatic carbocycles. The van der Waals surface area contributed by atoms with Crippen molar-refractivity contribution in [1.82, 2.24) is 0 Å². The van der Waals surface area contributed by atoms with Crippen molar-refractivity contribution in [1.29, 1.82) is 0 Å². The number of hydrogen-bond donors (Lipinski definition) is 0. The second kappa shape index (κ2) is 9.52. The van der Waals surface area contributed by atoms with Crippen LogP contribution in [0.5, 0.6) is 0 Å². The molecule has 0 unspecified atom stereocenters. The van der Waals surface area contributed by atoms with E-state index >= 15 is 0 Å². The second-order valence-corrected chi connectivity index (χ2v) is 13.7. The molecule has 0 radical (unpaired) electrons. The minimum atomic E-state index is 1.29. The predicted molar refractivity (Wildman–Crippen MR) is 180 cm³/mol. The largest absolute Gasteiger partial charge is 0.0616 e. The molecule has 2 heteroatoms. The lowest BCUT2D eigenvalue weighted by atomic mass is 10.1. The highest BCUT2D eigenvalue weighted by Crippen LogP contribution is 2.41. The molecule has 0 amide bonds. The Morgan fingerprint density at radius 2 is 0.675 bits per heavy atom. The van der Waals surface area contributed by atoms with Crippen molar-refractivity contribution in [2.75, 3.05) is 0 Å². The molecule has 0 aliphatic heterocycles. The Kier molecular flexibility index (Phi) is 6.05. The van der Waals surface area contributed by atoms with E-state index in [1.54, 1.807) is 0 Å². The Bertz CT molecular complexity index is 2060. The predicted octanol–water partition coefficient (Wildman–Crippen LogP) is 10.6. The van der Waals surface area contributed by atoms with Crippen molar-refractivity contribution in [3.05, 3.63) is 128 Å². The maximum Gasteiger partial charge on any atom is 0.0181 e. The fraction of sp³-hybridized carbons (Fsp3) is 0.158. The molecule has 7 aromatic rings. The van der Waals surface area contributed by atoms with Crippen LogP contribution >= 0.6 is 16.4 Å². The maximum atomic E-state index is 2.50. The molecule has 194 valence electrons. The molecule has 7 aromatic carbocycles. The highest BCUT2D eigenvalue weighted by molar-refractivity contribution is 7.40. The van der Waals surface area contributed by atoms with Crippen LogP contribution < -0.4 is 10.6 Å². The highest BCUT2D eigenvalue weighted by atomic mass is 31.1. The number of hydrogen-bond acceptors (Lipinski definition) is 0. The smallest absolute Gasteiger partial charge is 0.0181 e. The van der Waals surface area contributed by atoms with Gasteiger partial charge in [0.2, 0.25) is 0 Å². The summed E-state index contributed by atoms with van der Waals surface area (Å²) in [6.45, 7) is 13.4. The van der Waals surface area contributed by atoms with Gasteiger partial charge in [0.25, 0.3) is 0 Å². The van der Waals surface area contributed by atoms with Gasteiger partial charge >= 0.3 is 0 Å². The molecule has 0 atom stereocenters. The molecule has 40 heavy (non-hydrogen) atoms. The normalized spacial score (nSPS) is 13.1. The summed E-state index contributed by atoms with van der Waals surface area (Å²) in [4.78, 5) is 2.86. The van der Waals surface area contributed by atoms with Gasteiger partial charge in [-0.15, -0.1) is 0 Å². The Hall–Kier alpha value is -3.56. The van der Waals surface area contributed by atoms with Crippen LogP contribution in [0, 0.1) is 51.4 Å². The van der Waals surface area contributed by atoms with E-state index in [9.17, 15) is 0 Å². The summed E-state index contributed by atoms with van der Waals surface area (Å²) in [6, 6.07) is 32.3. The zero-order valence-electron chi connectivity index (χ0n) is 24.0. The van der Waals surface area contributed by atoms with E-state index in [0.29, 0.717) is 0 Å². The van der Waals surface area contributed by atoms with Gasteiger partial charge in [-0.3, -0.25) is 0 Å². The van der Waals surface area contributed by atoms with E-state index in [-0.39, 0.29) is 0 Å². The van der Waals surface area contributed by atoms with Gasteiger partial charge in [-0.25, -0.2) is 0 Å². The van der Waals surface area contributed by atoms with Gasteiger partial charge in [-0.2, -0.15) is 0 Å². The molecule has 0 bridgehead atoms. The van der Waals surface area contributed by atoms with Crippen LogP contribution in [0.1, 0.15) is 33.4 Å². The fourth-order valence-electron chi connectivity index (χ4n) is 6.74. The number of rotatable bonds is 2. The van der Waals surface area contributed by atoms with Crippen molar-refractivity contribution in [2.24, 2.45) is 0 Å².